The fourth-order valence-electron chi connectivity index (χ4n) is 1.55. The second kappa shape index (κ2) is 5.24. The maximum atomic E-state index is 13.7. The highest BCUT2D eigenvalue weighted by molar-refractivity contribution is 6.29. The van der Waals surface area contributed by atoms with Crippen LogP contribution in [0.4, 0.5) is 15.9 Å². The minimum Gasteiger partial charge on any atom is -0.478 e. The number of hydrogen-bond donors (Lipinski definition) is 2. The molecule has 0 saturated heterocycles. The van der Waals surface area contributed by atoms with Crippen LogP contribution in [-0.2, 0) is 0 Å². The van der Waals surface area contributed by atoms with Crippen molar-refractivity contribution in [3.63, 3.8) is 0 Å². The maximum Gasteiger partial charge on any atom is 0.339 e. The molecule has 0 amide bonds. The van der Waals surface area contributed by atoms with Crippen LogP contribution in [0.15, 0.2) is 30.3 Å². The Morgan fingerprint density at radius 2 is 2.11 bits per heavy atom. The van der Waals surface area contributed by atoms with Crippen molar-refractivity contribution in [1.82, 2.24) is 4.98 Å². The van der Waals surface area contributed by atoms with E-state index in [9.17, 15) is 9.18 Å². The number of pyridine rings is 1. The number of benzene rings is 1. The summed E-state index contributed by atoms with van der Waals surface area (Å²) in [5.74, 6) is -1.65. The largest absolute Gasteiger partial charge is 0.478 e. The standard InChI is InChI=1S/C13H10ClFN2O2/c1-7-2-4-10(9(15)6-7)16-12-8(13(18)19)3-5-11(14)17-12/h2-6H,1H3,(H,16,17)(H,18,19). The molecule has 4 nitrogen and oxygen atoms in total. The van der Waals surface area contributed by atoms with Gasteiger partial charge < -0.3 is 10.4 Å². The average Bonchev–Trinajstić information content (AvgIpc) is 2.32. The van der Waals surface area contributed by atoms with Gasteiger partial charge in [-0.2, -0.15) is 0 Å². The van der Waals surface area contributed by atoms with Gasteiger partial charge >= 0.3 is 5.97 Å². The van der Waals surface area contributed by atoms with Gasteiger partial charge in [0, 0.05) is 0 Å². The van der Waals surface area contributed by atoms with Crippen molar-refractivity contribution in [3.05, 3.63) is 52.4 Å². The fraction of sp³-hybridized carbons (Fsp3) is 0.0769. The third-order valence-corrected chi connectivity index (χ3v) is 2.68. The summed E-state index contributed by atoms with van der Waals surface area (Å²) in [6.07, 6.45) is 0. The number of aryl methyl sites for hydroxylation is 1. The second-order valence-corrected chi connectivity index (χ2v) is 4.33. The SMILES string of the molecule is Cc1ccc(Nc2nc(Cl)ccc2C(=O)O)c(F)c1. The van der Waals surface area contributed by atoms with Gasteiger partial charge in [0.1, 0.15) is 22.4 Å². The number of aromatic carboxylic acids is 1. The first-order valence-electron chi connectivity index (χ1n) is 5.40. The first kappa shape index (κ1) is 13.3. The van der Waals surface area contributed by atoms with Crippen molar-refractivity contribution in [2.24, 2.45) is 0 Å². The molecule has 0 aliphatic carbocycles. The Morgan fingerprint density at radius 1 is 1.37 bits per heavy atom. The molecule has 2 aromatic rings. The number of aromatic nitrogens is 1. The first-order valence-corrected chi connectivity index (χ1v) is 5.78. The smallest absolute Gasteiger partial charge is 0.339 e. The number of halogens is 2. The molecule has 1 aromatic carbocycles. The van der Waals surface area contributed by atoms with E-state index in [1.165, 1.54) is 24.3 Å². The molecule has 0 unspecified atom stereocenters. The summed E-state index contributed by atoms with van der Waals surface area (Å²) in [6, 6.07) is 7.23. The molecule has 0 aliphatic heterocycles. The second-order valence-electron chi connectivity index (χ2n) is 3.94. The van der Waals surface area contributed by atoms with Gasteiger partial charge in [0.2, 0.25) is 0 Å². The summed E-state index contributed by atoms with van der Waals surface area (Å²) in [7, 11) is 0. The van der Waals surface area contributed by atoms with Crippen molar-refractivity contribution in [2.75, 3.05) is 5.32 Å². The normalized spacial score (nSPS) is 10.3. The first-order chi connectivity index (χ1) is 8.97. The van der Waals surface area contributed by atoms with E-state index in [-0.39, 0.29) is 22.2 Å². The molecule has 0 radical (unpaired) electrons. The van der Waals surface area contributed by atoms with Gasteiger partial charge in [0.15, 0.2) is 0 Å². The van der Waals surface area contributed by atoms with Crippen LogP contribution in [-0.4, -0.2) is 16.1 Å². The van der Waals surface area contributed by atoms with E-state index in [1.807, 2.05) is 0 Å². The molecule has 0 atom stereocenters. The van der Waals surface area contributed by atoms with Crippen LogP contribution in [0.5, 0.6) is 0 Å². The van der Waals surface area contributed by atoms with Gasteiger partial charge in [0.05, 0.1) is 5.69 Å². The van der Waals surface area contributed by atoms with Gasteiger partial charge in [-0.1, -0.05) is 17.7 Å². The van der Waals surface area contributed by atoms with Crippen LogP contribution in [0.25, 0.3) is 0 Å². The van der Waals surface area contributed by atoms with E-state index in [2.05, 4.69) is 10.3 Å². The van der Waals surface area contributed by atoms with Gasteiger partial charge in [-0.3, -0.25) is 0 Å². The van der Waals surface area contributed by atoms with Crippen molar-refractivity contribution in [3.8, 4) is 0 Å². The van der Waals surface area contributed by atoms with Crippen molar-refractivity contribution in [1.29, 1.82) is 0 Å². The number of hydrogen-bond acceptors (Lipinski definition) is 3. The molecule has 98 valence electrons. The van der Waals surface area contributed by atoms with Crippen molar-refractivity contribution < 1.29 is 14.3 Å². The fourth-order valence-corrected chi connectivity index (χ4v) is 1.70. The summed E-state index contributed by atoms with van der Waals surface area (Å²) < 4.78 is 13.7. The minimum absolute atomic E-state index is 0.00255. The van der Waals surface area contributed by atoms with Gasteiger partial charge in [0.25, 0.3) is 0 Å². The maximum absolute atomic E-state index is 13.7. The molecule has 1 heterocycles. The van der Waals surface area contributed by atoms with Crippen LogP contribution >= 0.6 is 11.6 Å². The summed E-state index contributed by atoms with van der Waals surface area (Å²) >= 11 is 5.71. The third-order valence-electron chi connectivity index (χ3n) is 2.47. The van der Waals surface area contributed by atoms with E-state index < -0.39 is 11.8 Å². The highest BCUT2D eigenvalue weighted by Gasteiger charge is 2.13. The Labute approximate surface area is 113 Å². The lowest BCUT2D eigenvalue weighted by Crippen LogP contribution is -2.06. The third kappa shape index (κ3) is 3.00. The van der Waals surface area contributed by atoms with E-state index in [1.54, 1.807) is 13.0 Å². The average molecular weight is 281 g/mol. The number of anilines is 2. The molecule has 0 spiro atoms. The van der Waals surface area contributed by atoms with Crippen LogP contribution in [0.1, 0.15) is 15.9 Å². The number of nitrogens with zero attached hydrogens (tertiary/aromatic N) is 1. The van der Waals surface area contributed by atoms with Crippen LogP contribution in [0.3, 0.4) is 0 Å². The molecule has 0 fully saturated rings. The zero-order valence-electron chi connectivity index (χ0n) is 9.95. The summed E-state index contributed by atoms with van der Waals surface area (Å²) in [5, 5.41) is 11.8. The number of carbonyl (C=O) groups is 1. The van der Waals surface area contributed by atoms with Crippen LogP contribution in [0.2, 0.25) is 5.15 Å². The molecule has 2 N–H and O–H groups in total. The highest BCUT2D eigenvalue weighted by Crippen LogP contribution is 2.23. The topological polar surface area (TPSA) is 62.2 Å². The van der Waals surface area contributed by atoms with Gasteiger partial charge in [-0.25, -0.2) is 14.2 Å². The van der Waals surface area contributed by atoms with Crippen LogP contribution < -0.4 is 5.32 Å². The molecular weight excluding hydrogens is 271 g/mol. The van der Waals surface area contributed by atoms with Crippen molar-refractivity contribution in [2.45, 2.75) is 6.92 Å². The highest BCUT2D eigenvalue weighted by atomic mass is 35.5. The molecule has 0 saturated carbocycles. The van der Waals surface area contributed by atoms with E-state index in [0.717, 1.165) is 5.56 Å². The Hall–Kier alpha value is -2.14. The van der Waals surface area contributed by atoms with Crippen LogP contribution in [0, 0.1) is 12.7 Å². The molecule has 6 heteroatoms. The number of rotatable bonds is 3. The van der Waals surface area contributed by atoms with Crippen molar-refractivity contribution >= 4 is 29.1 Å². The quantitative estimate of drug-likeness (QED) is 0.843. The summed E-state index contributed by atoms with van der Waals surface area (Å²) in [5.41, 5.74) is 0.827. The summed E-state index contributed by atoms with van der Waals surface area (Å²) in [6.45, 7) is 1.76. The zero-order chi connectivity index (χ0) is 14.0. The van der Waals surface area contributed by atoms with E-state index >= 15 is 0 Å². The van der Waals surface area contributed by atoms with E-state index in [4.69, 9.17) is 16.7 Å². The predicted molar refractivity (Wildman–Crippen MR) is 70.6 cm³/mol. The Balaban J connectivity index is 2.42. The lowest BCUT2D eigenvalue weighted by molar-refractivity contribution is 0.0697. The Kier molecular flexibility index (Phi) is 3.66. The number of carboxylic acid groups (broad SMARTS) is 1. The molecule has 2 rings (SSSR count). The number of nitrogens with one attached hydrogen (secondary N) is 1. The number of carboxylic acids is 1. The Morgan fingerprint density at radius 3 is 2.74 bits per heavy atom. The molecular formula is C13H10ClFN2O2. The lowest BCUT2D eigenvalue weighted by atomic mass is 10.2. The molecule has 19 heavy (non-hydrogen) atoms. The molecule has 0 aliphatic rings. The zero-order valence-corrected chi connectivity index (χ0v) is 10.7. The minimum atomic E-state index is -1.17. The summed E-state index contributed by atoms with van der Waals surface area (Å²) in [4.78, 5) is 14.9. The lowest BCUT2D eigenvalue weighted by Gasteiger charge is -2.10. The van der Waals surface area contributed by atoms with E-state index in [0.29, 0.717) is 0 Å². The molecule has 1 aromatic heterocycles. The monoisotopic (exact) mass is 280 g/mol. The van der Waals surface area contributed by atoms with Gasteiger partial charge in [-0.15, -0.1) is 0 Å². The van der Waals surface area contributed by atoms with Gasteiger partial charge in [-0.05, 0) is 36.8 Å². The predicted octanol–water partition coefficient (Wildman–Crippen LogP) is 3.62. The molecule has 0 bridgehead atoms. The Bertz CT molecular complexity index is 647.